The lowest BCUT2D eigenvalue weighted by Crippen LogP contribution is -2.40. The maximum Gasteiger partial charge on any atom is 0.416 e. The standard InChI is InChI=1S/C29H36F3NO2/c1-4-5-21-7-9-24(10-8-21)27-18-22(19-28(34)35)16-17-33(27)26(15-6-20(2)3)23-11-13-25(14-12-23)29(30,31)32/h4,7-14,20,22,26-27H,1,5-6,15-19H2,2-3H3,(H,34,35). The molecule has 3 unspecified atom stereocenters. The molecule has 0 aromatic heterocycles. The first-order valence-electron chi connectivity index (χ1n) is 12.4. The van der Waals surface area contributed by atoms with Gasteiger partial charge in [-0.05, 0) is 79.3 Å². The molecule has 35 heavy (non-hydrogen) atoms. The minimum atomic E-state index is -4.36. The van der Waals surface area contributed by atoms with Crippen LogP contribution < -0.4 is 0 Å². The molecule has 1 N–H and O–H groups in total. The Morgan fingerprint density at radius 3 is 2.31 bits per heavy atom. The lowest BCUT2D eigenvalue weighted by Gasteiger charge is -2.44. The fourth-order valence-corrected chi connectivity index (χ4v) is 5.14. The fraction of sp³-hybridized carbons (Fsp3) is 0.483. The number of carbonyl (C=O) groups is 1. The van der Waals surface area contributed by atoms with Gasteiger partial charge in [0.25, 0.3) is 0 Å². The Morgan fingerprint density at radius 2 is 1.77 bits per heavy atom. The molecular formula is C29H36F3NO2. The molecule has 0 aliphatic carbocycles. The number of halogens is 3. The Bertz CT molecular complexity index is 967. The average Bonchev–Trinajstić information content (AvgIpc) is 2.80. The number of allylic oxidation sites excluding steroid dienone is 1. The van der Waals surface area contributed by atoms with E-state index in [-0.39, 0.29) is 24.4 Å². The molecule has 1 aliphatic heterocycles. The molecule has 0 amide bonds. The van der Waals surface area contributed by atoms with Gasteiger partial charge in [-0.25, -0.2) is 0 Å². The van der Waals surface area contributed by atoms with E-state index < -0.39 is 17.7 Å². The average molecular weight is 488 g/mol. The van der Waals surface area contributed by atoms with Crippen molar-refractivity contribution in [2.45, 2.75) is 70.6 Å². The molecule has 0 radical (unpaired) electrons. The van der Waals surface area contributed by atoms with Crippen molar-refractivity contribution in [3.63, 3.8) is 0 Å². The second-order valence-corrected chi connectivity index (χ2v) is 10.1. The van der Waals surface area contributed by atoms with E-state index in [1.165, 1.54) is 12.1 Å². The number of benzene rings is 2. The quantitative estimate of drug-likeness (QED) is 0.347. The smallest absolute Gasteiger partial charge is 0.416 e. The van der Waals surface area contributed by atoms with E-state index in [9.17, 15) is 23.1 Å². The number of carboxylic acids is 1. The SMILES string of the molecule is C=CCc1ccc(C2CC(CC(=O)O)CCN2C(CCC(C)C)c2ccc(C(F)(F)F)cc2)cc1. The van der Waals surface area contributed by atoms with Crippen molar-refractivity contribution < 1.29 is 23.1 Å². The minimum Gasteiger partial charge on any atom is -0.481 e. The normalized spacial score (nSPS) is 20.1. The van der Waals surface area contributed by atoms with Gasteiger partial charge in [-0.3, -0.25) is 9.69 Å². The predicted molar refractivity (Wildman–Crippen MR) is 133 cm³/mol. The number of carboxylic acid groups (broad SMARTS) is 1. The minimum absolute atomic E-state index is 0.00494. The molecule has 190 valence electrons. The summed E-state index contributed by atoms with van der Waals surface area (Å²) >= 11 is 0. The van der Waals surface area contributed by atoms with Crippen molar-refractivity contribution >= 4 is 5.97 Å². The Kier molecular flexibility index (Phi) is 9.17. The molecule has 1 heterocycles. The van der Waals surface area contributed by atoms with Crippen LogP contribution in [-0.2, 0) is 17.4 Å². The summed E-state index contributed by atoms with van der Waals surface area (Å²) in [5, 5.41) is 9.39. The van der Waals surface area contributed by atoms with E-state index in [0.29, 0.717) is 18.9 Å². The van der Waals surface area contributed by atoms with Crippen LogP contribution in [-0.4, -0.2) is 22.5 Å². The van der Waals surface area contributed by atoms with Gasteiger partial charge in [-0.2, -0.15) is 13.2 Å². The van der Waals surface area contributed by atoms with Gasteiger partial charge in [-0.1, -0.05) is 56.3 Å². The van der Waals surface area contributed by atoms with Crippen LogP contribution in [0.15, 0.2) is 61.2 Å². The van der Waals surface area contributed by atoms with Gasteiger partial charge < -0.3 is 5.11 Å². The molecule has 2 aromatic rings. The Balaban J connectivity index is 1.96. The highest BCUT2D eigenvalue weighted by molar-refractivity contribution is 5.67. The van der Waals surface area contributed by atoms with Crippen molar-refractivity contribution in [3.8, 4) is 0 Å². The predicted octanol–water partition coefficient (Wildman–Crippen LogP) is 7.84. The van der Waals surface area contributed by atoms with Crippen LogP contribution in [0.25, 0.3) is 0 Å². The number of piperidine rings is 1. The summed E-state index contributed by atoms with van der Waals surface area (Å²) in [5.74, 6) is -0.254. The zero-order chi connectivity index (χ0) is 25.6. The van der Waals surface area contributed by atoms with Crippen molar-refractivity contribution in [2.24, 2.45) is 11.8 Å². The first-order chi connectivity index (χ1) is 16.6. The van der Waals surface area contributed by atoms with E-state index in [2.05, 4.69) is 49.6 Å². The Morgan fingerprint density at radius 1 is 1.11 bits per heavy atom. The summed E-state index contributed by atoms with van der Waals surface area (Å²) in [7, 11) is 0. The van der Waals surface area contributed by atoms with Crippen molar-refractivity contribution in [3.05, 3.63) is 83.4 Å². The van der Waals surface area contributed by atoms with Crippen LogP contribution in [0.2, 0.25) is 0 Å². The molecule has 2 aromatic carbocycles. The van der Waals surface area contributed by atoms with E-state index >= 15 is 0 Å². The van der Waals surface area contributed by atoms with Gasteiger partial charge in [0.15, 0.2) is 0 Å². The molecule has 1 fully saturated rings. The maximum absolute atomic E-state index is 13.2. The third-order valence-corrected chi connectivity index (χ3v) is 7.00. The maximum atomic E-state index is 13.2. The molecule has 3 nitrogen and oxygen atoms in total. The molecule has 0 bridgehead atoms. The number of hydrogen-bond acceptors (Lipinski definition) is 2. The fourth-order valence-electron chi connectivity index (χ4n) is 5.14. The number of alkyl halides is 3. The van der Waals surface area contributed by atoms with Gasteiger partial charge in [0.05, 0.1) is 5.56 Å². The molecular weight excluding hydrogens is 451 g/mol. The summed E-state index contributed by atoms with van der Waals surface area (Å²) in [4.78, 5) is 13.8. The lowest BCUT2D eigenvalue weighted by atomic mass is 9.82. The van der Waals surface area contributed by atoms with E-state index in [1.54, 1.807) is 12.1 Å². The van der Waals surface area contributed by atoms with Crippen LogP contribution in [0, 0.1) is 11.8 Å². The molecule has 1 saturated heterocycles. The van der Waals surface area contributed by atoms with Gasteiger partial charge >= 0.3 is 12.1 Å². The topological polar surface area (TPSA) is 40.5 Å². The molecule has 3 atom stereocenters. The second-order valence-electron chi connectivity index (χ2n) is 10.1. The zero-order valence-corrected chi connectivity index (χ0v) is 20.6. The molecule has 3 rings (SSSR count). The van der Waals surface area contributed by atoms with E-state index in [4.69, 9.17) is 0 Å². The summed E-state index contributed by atoms with van der Waals surface area (Å²) in [6.07, 6.45) is 1.66. The second kappa shape index (κ2) is 11.9. The van der Waals surface area contributed by atoms with Crippen LogP contribution in [0.1, 0.15) is 80.3 Å². The monoisotopic (exact) mass is 487 g/mol. The van der Waals surface area contributed by atoms with Crippen molar-refractivity contribution in [1.29, 1.82) is 0 Å². The summed E-state index contributed by atoms with van der Waals surface area (Å²) in [6.45, 7) is 8.81. The van der Waals surface area contributed by atoms with E-state index in [1.807, 2.05) is 6.08 Å². The lowest BCUT2D eigenvalue weighted by molar-refractivity contribution is -0.139. The highest BCUT2D eigenvalue weighted by Crippen LogP contribution is 2.43. The van der Waals surface area contributed by atoms with Gasteiger partial charge in [0.2, 0.25) is 0 Å². The summed E-state index contributed by atoms with van der Waals surface area (Å²) in [6, 6.07) is 13.9. The van der Waals surface area contributed by atoms with Crippen LogP contribution in [0.3, 0.4) is 0 Å². The third-order valence-electron chi connectivity index (χ3n) is 7.00. The van der Waals surface area contributed by atoms with Crippen LogP contribution >= 0.6 is 0 Å². The largest absolute Gasteiger partial charge is 0.481 e. The molecule has 0 spiro atoms. The number of likely N-dealkylation sites (tertiary alicyclic amines) is 1. The molecule has 0 saturated carbocycles. The van der Waals surface area contributed by atoms with E-state index in [0.717, 1.165) is 42.4 Å². The van der Waals surface area contributed by atoms with Crippen molar-refractivity contribution in [1.82, 2.24) is 4.90 Å². The third kappa shape index (κ3) is 7.44. The van der Waals surface area contributed by atoms with Gasteiger partial charge in [-0.15, -0.1) is 6.58 Å². The van der Waals surface area contributed by atoms with Gasteiger partial charge in [0, 0.05) is 18.5 Å². The first kappa shape index (κ1) is 27.0. The highest BCUT2D eigenvalue weighted by atomic mass is 19.4. The number of rotatable bonds is 10. The van der Waals surface area contributed by atoms with Crippen molar-refractivity contribution in [2.75, 3.05) is 6.54 Å². The van der Waals surface area contributed by atoms with Crippen LogP contribution in [0.4, 0.5) is 13.2 Å². The number of nitrogens with zero attached hydrogens (tertiary/aromatic N) is 1. The zero-order valence-electron chi connectivity index (χ0n) is 20.6. The molecule has 6 heteroatoms. The number of hydrogen-bond donors (Lipinski definition) is 1. The summed E-state index contributed by atoms with van der Waals surface area (Å²) in [5.41, 5.74) is 2.52. The Hall–Kier alpha value is -2.60. The number of aliphatic carboxylic acids is 1. The summed E-state index contributed by atoms with van der Waals surface area (Å²) < 4.78 is 39.5. The molecule has 1 aliphatic rings. The van der Waals surface area contributed by atoms with Gasteiger partial charge in [0.1, 0.15) is 0 Å². The van der Waals surface area contributed by atoms with Crippen LogP contribution in [0.5, 0.6) is 0 Å². The first-order valence-corrected chi connectivity index (χ1v) is 12.4. The highest BCUT2D eigenvalue weighted by Gasteiger charge is 2.36. The Labute approximate surface area is 206 Å².